The molecule has 0 aromatic carbocycles. The lowest BCUT2D eigenvalue weighted by atomic mass is 10.1. The van der Waals surface area contributed by atoms with E-state index in [0.29, 0.717) is 6.04 Å². The lowest BCUT2D eigenvalue weighted by molar-refractivity contribution is -0.126. The van der Waals surface area contributed by atoms with Gasteiger partial charge in [-0.05, 0) is 26.3 Å². The Morgan fingerprint density at radius 1 is 1.38 bits per heavy atom. The minimum Gasteiger partial charge on any atom is -0.355 e. The third kappa shape index (κ3) is 2.55. The molecule has 4 heteroatoms. The molecule has 1 amide bonds. The number of amides is 1. The average Bonchev–Trinajstić information content (AvgIpc) is 2.74. The van der Waals surface area contributed by atoms with Crippen molar-refractivity contribution >= 4 is 5.91 Å². The third-order valence-corrected chi connectivity index (χ3v) is 3.79. The van der Waals surface area contributed by atoms with Crippen LogP contribution in [0.25, 0.3) is 0 Å². The van der Waals surface area contributed by atoms with Crippen LogP contribution in [-0.2, 0) is 4.79 Å². The van der Waals surface area contributed by atoms with Crippen LogP contribution in [0.3, 0.4) is 0 Å². The predicted octanol–water partition coefficient (Wildman–Crippen LogP) is 0.339. The van der Waals surface area contributed by atoms with Crippen molar-refractivity contribution in [3.05, 3.63) is 0 Å². The maximum absolute atomic E-state index is 12.0. The Kier molecular flexibility index (Phi) is 4.18. The molecule has 0 radical (unpaired) electrons. The molecule has 92 valence electrons. The van der Waals surface area contributed by atoms with Gasteiger partial charge >= 0.3 is 0 Å². The quantitative estimate of drug-likeness (QED) is 0.728. The molecular weight excluding hydrogens is 202 g/mol. The minimum absolute atomic E-state index is 0.0376. The highest BCUT2D eigenvalue weighted by atomic mass is 16.2. The Balaban J connectivity index is 2.06. The fourth-order valence-corrected chi connectivity index (χ4v) is 2.97. The summed E-state index contributed by atoms with van der Waals surface area (Å²) in [6.45, 7) is 2.67. The van der Waals surface area contributed by atoms with Gasteiger partial charge in [0.25, 0.3) is 0 Å². The van der Waals surface area contributed by atoms with E-state index in [-0.39, 0.29) is 11.9 Å². The van der Waals surface area contributed by atoms with Gasteiger partial charge in [-0.1, -0.05) is 12.8 Å². The minimum atomic E-state index is 0.0376. The van der Waals surface area contributed by atoms with Crippen molar-refractivity contribution in [3.63, 3.8) is 0 Å². The highest BCUT2D eigenvalue weighted by molar-refractivity contribution is 5.82. The molecule has 0 aromatic rings. The molecule has 2 rings (SSSR count). The van der Waals surface area contributed by atoms with Crippen molar-refractivity contribution in [2.24, 2.45) is 0 Å². The molecule has 0 aromatic heterocycles. The van der Waals surface area contributed by atoms with Crippen LogP contribution >= 0.6 is 0 Å². The maximum Gasteiger partial charge on any atom is 0.238 e. The first-order valence-electron chi connectivity index (χ1n) is 6.51. The standard InChI is InChI=1S/C12H23N3O/c1-13-9-11-12(16)14-7-4-8-15(11)10-5-2-3-6-10/h10-11,13H,2-9H2,1H3,(H,14,16). The summed E-state index contributed by atoms with van der Waals surface area (Å²) < 4.78 is 0. The van der Waals surface area contributed by atoms with Gasteiger partial charge < -0.3 is 10.6 Å². The van der Waals surface area contributed by atoms with Crippen LogP contribution in [0.5, 0.6) is 0 Å². The maximum atomic E-state index is 12.0. The van der Waals surface area contributed by atoms with E-state index in [0.717, 1.165) is 26.1 Å². The average molecular weight is 225 g/mol. The summed E-state index contributed by atoms with van der Waals surface area (Å²) in [6.07, 6.45) is 6.29. The summed E-state index contributed by atoms with van der Waals surface area (Å²) in [5, 5.41) is 6.16. The van der Waals surface area contributed by atoms with Crippen LogP contribution < -0.4 is 10.6 Å². The topological polar surface area (TPSA) is 44.4 Å². The summed E-state index contributed by atoms with van der Waals surface area (Å²) in [5.74, 6) is 0.207. The molecular formula is C12H23N3O. The van der Waals surface area contributed by atoms with Gasteiger partial charge in [0.05, 0.1) is 0 Å². The Labute approximate surface area is 97.8 Å². The summed E-state index contributed by atoms with van der Waals surface area (Å²) in [5.41, 5.74) is 0. The van der Waals surface area contributed by atoms with Gasteiger partial charge in [0.15, 0.2) is 0 Å². The molecule has 2 N–H and O–H groups in total. The second-order valence-corrected chi connectivity index (χ2v) is 4.89. The van der Waals surface area contributed by atoms with Gasteiger partial charge in [-0.15, -0.1) is 0 Å². The van der Waals surface area contributed by atoms with Crippen molar-refractivity contribution in [3.8, 4) is 0 Å². The number of hydrogen-bond acceptors (Lipinski definition) is 3. The van der Waals surface area contributed by atoms with Gasteiger partial charge in [0.1, 0.15) is 6.04 Å². The SMILES string of the molecule is CNCC1C(=O)NCCCN1C1CCCC1. The van der Waals surface area contributed by atoms with Crippen LogP contribution in [0.4, 0.5) is 0 Å². The smallest absolute Gasteiger partial charge is 0.238 e. The van der Waals surface area contributed by atoms with E-state index < -0.39 is 0 Å². The monoisotopic (exact) mass is 225 g/mol. The van der Waals surface area contributed by atoms with Crippen LogP contribution in [-0.4, -0.2) is 49.6 Å². The number of likely N-dealkylation sites (N-methyl/N-ethyl adjacent to an activating group) is 1. The highest BCUT2D eigenvalue weighted by Gasteiger charge is 2.33. The zero-order valence-corrected chi connectivity index (χ0v) is 10.2. The lowest BCUT2D eigenvalue weighted by Crippen LogP contribution is -2.52. The molecule has 1 heterocycles. The molecule has 1 saturated heterocycles. The van der Waals surface area contributed by atoms with Gasteiger partial charge in [-0.25, -0.2) is 0 Å². The highest BCUT2D eigenvalue weighted by Crippen LogP contribution is 2.25. The third-order valence-electron chi connectivity index (χ3n) is 3.79. The van der Waals surface area contributed by atoms with Crippen LogP contribution in [0, 0.1) is 0 Å². The molecule has 1 aliphatic heterocycles. The van der Waals surface area contributed by atoms with Crippen molar-refractivity contribution in [2.75, 3.05) is 26.7 Å². The van der Waals surface area contributed by atoms with E-state index in [1.54, 1.807) is 0 Å². The predicted molar refractivity (Wildman–Crippen MR) is 64.3 cm³/mol. The molecule has 1 atom stereocenters. The van der Waals surface area contributed by atoms with E-state index in [1.807, 2.05) is 7.05 Å². The first-order chi connectivity index (χ1) is 7.83. The number of rotatable bonds is 3. The van der Waals surface area contributed by atoms with Gasteiger partial charge in [-0.2, -0.15) is 0 Å². The number of hydrogen-bond donors (Lipinski definition) is 2. The Morgan fingerprint density at radius 3 is 2.81 bits per heavy atom. The molecule has 16 heavy (non-hydrogen) atoms. The number of carbonyl (C=O) groups excluding carboxylic acids is 1. The second-order valence-electron chi connectivity index (χ2n) is 4.89. The summed E-state index contributed by atoms with van der Waals surface area (Å²) in [6, 6.07) is 0.679. The van der Waals surface area contributed by atoms with E-state index in [2.05, 4.69) is 15.5 Å². The fourth-order valence-electron chi connectivity index (χ4n) is 2.97. The van der Waals surface area contributed by atoms with E-state index in [1.165, 1.54) is 25.7 Å². The summed E-state index contributed by atoms with van der Waals surface area (Å²) in [7, 11) is 1.92. The number of carbonyl (C=O) groups is 1. The zero-order chi connectivity index (χ0) is 11.4. The van der Waals surface area contributed by atoms with Crippen molar-refractivity contribution in [2.45, 2.75) is 44.2 Å². The van der Waals surface area contributed by atoms with Crippen LogP contribution in [0.1, 0.15) is 32.1 Å². The number of nitrogens with one attached hydrogen (secondary N) is 2. The largest absolute Gasteiger partial charge is 0.355 e. The molecule has 1 saturated carbocycles. The molecule has 0 spiro atoms. The summed E-state index contributed by atoms with van der Waals surface area (Å²) >= 11 is 0. The van der Waals surface area contributed by atoms with Crippen LogP contribution in [0.15, 0.2) is 0 Å². The zero-order valence-electron chi connectivity index (χ0n) is 10.2. The van der Waals surface area contributed by atoms with Gasteiger partial charge in [0, 0.05) is 25.7 Å². The normalized spacial score (nSPS) is 29.1. The molecule has 0 bridgehead atoms. The lowest BCUT2D eigenvalue weighted by Gasteiger charge is -2.33. The molecule has 2 fully saturated rings. The molecule has 1 unspecified atom stereocenters. The molecule has 1 aliphatic carbocycles. The Hall–Kier alpha value is -0.610. The van der Waals surface area contributed by atoms with E-state index in [4.69, 9.17) is 0 Å². The first-order valence-corrected chi connectivity index (χ1v) is 6.51. The van der Waals surface area contributed by atoms with E-state index >= 15 is 0 Å². The van der Waals surface area contributed by atoms with Crippen LogP contribution in [0.2, 0.25) is 0 Å². The first kappa shape index (κ1) is 11.9. The van der Waals surface area contributed by atoms with Crippen molar-refractivity contribution < 1.29 is 4.79 Å². The van der Waals surface area contributed by atoms with Crippen molar-refractivity contribution in [1.82, 2.24) is 15.5 Å². The summed E-state index contributed by atoms with van der Waals surface area (Å²) in [4.78, 5) is 14.4. The molecule has 4 nitrogen and oxygen atoms in total. The van der Waals surface area contributed by atoms with Gasteiger partial charge in [-0.3, -0.25) is 9.69 Å². The van der Waals surface area contributed by atoms with Crippen molar-refractivity contribution in [1.29, 1.82) is 0 Å². The Bertz CT molecular complexity index is 238. The molecule has 2 aliphatic rings. The Morgan fingerprint density at radius 2 is 2.12 bits per heavy atom. The fraction of sp³-hybridized carbons (Fsp3) is 0.917. The van der Waals surface area contributed by atoms with Gasteiger partial charge in [0.2, 0.25) is 5.91 Å². The van der Waals surface area contributed by atoms with E-state index in [9.17, 15) is 4.79 Å². The number of nitrogens with zero attached hydrogens (tertiary/aromatic N) is 1. The second kappa shape index (κ2) is 5.64.